The molecular weight excluding hydrogens is 252 g/mol. The van der Waals surface area contributed by atoms with Gasteiger partial charge in [0, 0.05) is 18.0 Å². The Bertz CT molecular complexity index is 748. The fourth-order valence-electron chi connectivity index (χ4n) is 1.97. The van der Waals surface area contributed by atoms with E-state index in [1.807, 2.05) is 38.1 Å². The molecule has 0 aliphatic heterocycles. The third kappa shape index (κ3) is 2.23. The molecule has 100 valence electrons. The Morgan fingerprint density at radius 3 is 2.50 bits per heavy atom. The van der Waals surface area contributed by atoms with E-state index in [0.29, 0.717) is 11.8 Å². The molecule has 0 radical (unpaired) electrons. The number of nitrogens with two attached hydrogens (primary N) is 1. The summed E-state index contributed by atoms with van der Waals surface area (Å²) < 4.78 is 1.54. The van der Waals surface area contributed by atoms with Crippen LogP contribution in [-0.2, 0) is 0 Å². The first-order valence-corrected chi connectivity index (χ1v) is 6.23. The maximum absolute atomic E-state index is 5.92. The van der Waals surface area contributed by atoms with Gasteiger partial charge in [-0.3, -0.25) is 4.98 Å². The van der Waals surface area contributed by atoms with E-state index < -0.39 is 0 Å². The summed E-state index contributed by atoms with van der Waals surface area (Å²) in [6.07, 6.45) is 1.73. The first kappa shape index (κ1) is 12.3. The fourth-order valence-corrected chi connectivity index (χ4v) is 1.97. The Hall–Kier alpha value is -2.76. The fraction of sp³-hybridized carbons (Fsp3) is 0.143. The zero-order valence-electron chi connectivity index (χ0n) is 11.3. The van der Waals surface area contributed by atoms with E-state index in [1.54, 1.807) is 12.3 Å². The molecule has 0 fully saturated rings. The number of pyridine rings is 1. The maximum Gasteiger partial charge on any atom is 0.253 e. The van der Waals surface area contributed by atoms with E-state index in [4.69, 9.17) is 5.73 Å². The van der Waals surface area contributed by atoms with Gasteiger partial charge in [0.2, 0.25) is 0 Å². The summed E-state index contributed by atoms with van der Waals surface area (Å²) >= 11 is 0. The van der Waals surface area contributed by atoms with Crippen molar-refractivity contribution in [3.05, 3.63) is 47.9 Å². The predicted octanol–water partition coefficient (Wildman–Crippen LogP) is 1.92. The maximum atomic E-state index is 5.92. The molecule has 0 bridgehead atoms. The quantitative estimate of drug-likeness (QED) is 0.766. The Kier molecular flexibility index (Phi) is 2.90. The molecule has 0 aliphatic carbocycles. The van der Waals surface area contributed by atoms with Crippen molar-refractivity contribution in [1.82, 2.24) is 24.7 Å². The SMILES string of the molecule is Cc1cc(-c2ccccn2)nc(-n2nc(C)cc2N)n1. The minimum atomic E-state index is 0.455. The van der Waals surface area contributed by atoms with Gasteiger partial charge in [-0.1, -0.05) is 6.07 Å². The molecule has 0 saturated heterocycles. The normalized spacial score (nSPS) is 10.7. The van der Waals surface area contributed by atoms with Crippen LogP contribution in [0, 0.1) is 13.8 Å². The number of nitrogen functional groups attached to an aromatic ring is 1. The molecule has 6 heteroatoms. The molecule has 2 N–H and O–H groups in total. The molecule has 0 saturated carbocycles. The van der Waals surface area contributed by atoms with Gasteiger partial charge < -0.3 is 5.73 Å². The van der Waals surface area contributed by atoms with Gasteiger partial charge in [-0.25, -0.2) is 9.97 Å². The Balaban J connectivity index is 2.14. The topological polar surface area (TPSA) is 82.5 Å². The van der Waals surface area contributed by atoms with E-state index in [0.717, 1.165) is 22.8 Å². The number of hydrogen-bond donors (Lipinski definition) is 1. The molecule has 3 rings (SSSR count). The summed E-state index contributed by atoms with van der Waals surface area (Å²) in [5, 5.41) is 4.30. The molecule has 3 aromatic rings. The summed E-state index contributed by atoms with van der Waals surface area (Å²) in [4.78, 5) is 13.2. The average Bonchev–Trinajstić information content (AvgIpc) is 2.78. The lowest BCUT2D eigenvalue weighted by Crippen LogP contribution is -2.08. The standard InChI is InChI=1S/C14H14N6/c1-9-7-12(11-5-3-4-6-16-11)18-14(17-9)20-13(15)8-10(2)19-20/h3-8H,15H2,1-2H3. The lowest BCUT2D eigenvalue weighted by Gasteiger charge is -2.06. The first-order valence-electron chi connectivity index (χ1n) is 6.23. The molecule has 3 aromatic heterocycles. The molecule has 0 atom stereocenters. The monoisotopic (exact) mass is 266 g/mol. The van der Waals surface area contributed by atoms with Crippen molar-refractivity contribution in [2.45, 2.75) is 13.8 Å². The second kappa shape index (κ2) is 4.73. The molecule has 20 heavy (non-hydrogen) atoms. The zero-order valence-corrected chi connectivity index (χ0v) is 11.3. The molecule has 3 heterocycles. The van der Waals surface area contributed by atoms with Crippen LogP contribution in [0.3, 0.4) is 0 Å². The van der Waals surface area contributed by atoms with Crippen LogP contribution in [0.15, 0.2) is 36.5 Å². The van der Waals surface area contributed by atoms with Crippen molar-refractivity contribution in [3.63, 3.8) is 0 Å². The van der Waals surface area contributed by atoms with Gasteiger partial charge in [0.25, 0.3) is 5.95 Å². The van der Waals surface area contributed by atoms with Crippen LogP contribution in [0.25, 0.3) is 17.3 Å². The molecule has 0 amide bonds. The molecule has 0 aliphatic rings. The minimum Gasteiger partial charge on any atom is -0.383 e. The van der Waals surface area contributed by atoms with Crippen LogP contribution in [0.1, 0.15) is 11.4 Å². The van der Waals surface area contributed by atoms with E-state index >= 15 is 0 Å². The van der Waals surface area contributed by atoms with Gasteiger partial charge >= 0.3 is 0 Å². The number of hydrogen-bond acceptors (Lipinski definition) is 5. The lowest BCUT2D eigenvalue weighted by atomic mass is 10.2. The molecule has 0 spiro atoms. The van der Waals surface area contributed by atoms with E-state index in [-0.39, 0.29) is 0 Å². The predicted molar refractivity (Wildman–Crippen MR) is 76.3 cm³/mol. The highest BCUT2D eigenvalue weighted by Gasteiger charge is 2.10. The molecule has 6 nitrogen and oxygen atoms in total. The number of rotatable bonds is 2. The highest BCUT2D eigenvalue weighted by atomic mass is 15.4. The van der Waals surface area contributed by atoms with Gasteiger partial charge in [-0.2, -0.15) is 9.78 Å². The van der Waals surface area contributed by atoms with Crippen molar-refractivity contribution in [2.24, 2.45) is 0 Å². The zero-order chi connectivity index (χ0) is 14.1. The van der Waals surface area contributed by atoms with Crippen molar-refractivity contribution >= 4 is 5.82 Å². The summed E-state index contributed by atoms with van der Waals surface area (Å²) in [6, 6.07) is 9.37. The lowest BCUT2D eigenvalue weighted by molar-refractivity contribution is 0.800. The summed E-state index contributed by atoms with van der Waals surface area (Å²) in [6.45, 7) is 3.78. The van der Waals surface area contributed by atoms with Gasteiger partial charge in [-0.15, -0.1) is 0 Å². The van der Waals surface area contributed by atoms with Crippen LogP contribution in [0.5, 0.6) is 0 Å². The van der Waals surface area contributed by atoms with E-state index in [9.17, 15) is 0 Å². The summed E-state index contributed by atoms with van der Waals surface area (Å²) in [7, 11) is 0. The highest BCUT2D eigenvalue weighted by Crippen LogP contribution is 2.17. The van der Waals surface area contributed by atoms with Crippen molar-refractivity contribution < 1.29 is 0 Å². The van der Waals surface area contributed by atoms with E-state index in [1.165, 1.54) is 4.68 Å². The number of aryl methyl sites for hydroxylation is 2. The number of nitrogens with zero attached hydrogens (tertiary/aromatic N) is 5. The molecule has 0 unspecified atom stereocenters. The van der Waals surface area contributed by atoms with Gasteiger partial charge in [0.15, 0.2) is 0 Å². The van der Waals surface area contributed by atoms with E-state index in [2.05, 4.69) is 20.1 Å². The van der Waals surface area contributed by atoms with Crippen molar-refractivity contribution in [3.8, 4) is 17.3 Å². The smallest absolute Gasteiger partial charge is 0.253 e. The van der Waals surface area contributed by atoms with Crippen molar-refractivity contribution in [2.75, 3.05) is 5.73 Å². The Morgan fingerprint density at radius 1 is 1.00 bits per heavy atom. The van der Waals surface area contributed by atoms with Gasteiger partial charge in [0.05, 0.1) is 17.1 Å². The third-order valence-electron chi connectivity index (χ3n) is 2.82. The average molecular weight is 266 g/mol. The second-order valence-corrected chi connectivity index (χ2v) is 4.53. The second-order valence-electron chi connectivity index (χ2n) is 4.53. The van der Waals surface area contributed by atoms with Crippen molar-refractivity contribution in [1.29, 1.82) is 0 Å². The highest BCUT2D eigenvalue weighted by molar-refractivity contribution is 5.55. The number of aromatic nitrogens is 5. The largest absolute Gasteiger partial charge is 0.383 e. The van der Waals surface area contributed by atoms with Crippen LogP contribution >= 0.6 is 0 Å². The van der Waals surface area contributed by atoms with Crippen LogP contribution < -0.4 is 5.73 Å². The summed E-state index contributed by atoms with van der Waals surface area (Å²) in [5.41, 5.74) is 9.12. The van der Waals surface area contributed by atoms with Crippen LogP contribution in [0.4, 0.5) is 5.82 Å². The minimum absolute atomic E-state index is 0.455. The Morgan fingerprint density at radius 2 is 1.85 bits per heavy atom. The van der Waals surface area contributed by atoms with Crippen LogP contribution in [-0.4, -0.2) is 24.7 Å². The van der Waals surface area contributed by atoms with Gasteiger partial charge in [0.1, 0.15) is 5.82 Å². The number of anilines is 1. The molecular formula is C14H14N6. The van der Waals surface area contributed by atoms with Crippen LogP contribution in [0.2, 0.25) is 0 Å². The first-order chi connectivity index (χ1) is 9.63. The summed E-state index contributed by atoms with van der Waals surface area (Å²) in [5.74, 6) is 0.969. The Labute approximate surface area is 116 Å². The molecule has 0 aromatic carbocycles. The third-order valence-corrected chi connectivity index (χ3v) is 2.82. The van der Waals surface area contributed by atoms with Gasteiger partial charge in [-0.05, 0) is 32.0 Å².